The summed E-state index contributed by atoms with van der Waals surface area (Å²) in [5, 5.41) is 2.93. The molecule has 0 aliphatic carbocycles. The lowest BCUT2D eigenvalue weighted by Gasteiger charge is -2.25. The number of nitrogens with one attached hydrogen (secondary N) is 1. The molecule has 0 amide bonds. The van der Waals surface area contributed by atoms with E-state index in [1.54, 1.807) is 69.1 Å². The first kappa shape index (κ1) is 30.3. The number of fused-ring (bicyclic) bond motifs is 1. The highest BCUT2D eigenvalue weighted by Gasteiger charge is 2.32. The lowest BCUT2D eigenvalue weighted by molar-refractivity contribution is -0.149. The Kier molecular flexibility index (Phi) is 9.54. The monoisotopic (exact) mass is 602 g/mol. The van der Waals surface area contributed by atoms with Crippen LogP contribution in [0, 0.1) is 6.92 Å². The standard InChI is InChI=1S/C26H32ClN8O5P/c1-15(2)39-25(36)18(5)34-41(37,14-38-17(4)11-35-13-32-22-23(28)30-12-31-24(22)35)40-20-8-6-19(7-9-20)21-16(3)10-29-26(27)33-21/h6-10,12-13,15,17-18H,11,14H2,1-5H3,(H,34,37)(H2,28,30,31)/t17-,18+,41?/m1/s1. The van der Waals surface area contributed by atoms with Gasteiger partial charge in [-0.15, -0.1) is 0 Å². The zero-order chi connectivity index (χ0) is 29.7. The van der Waals surface area contributed by atoms with E-state index in [2.05, 4.69) is 30.0 Å². The molecule has 0 aliphatic rings. The Bertz CT molecular complexity index is 1570. The van der Waals surface area contributed by atoms with Gasteiger partial charge in [-0.3, -0.25) is 9.36 Å². The first-order chi connectivity index (χ1) is 19.4. The number of hydrogen-bond donors (Lipinski definition) is 2. The van der Waals surface area contributed by atoms with Crippen molar-refractivity contribution in [1.82, 2.24) is 34.6 Å². The van der Waals surface area contributed by atoms with Gasteiger partial charge < -0.3 is 24.3 Å². The smallest absolute Gasteiger partial charge is 0.342 e. The van der Waals surface area contributed by atoms with Crippen molar-refractivity contribution in [3.63, 3.8) is 0 Å². The van der Waals surface area contributed by atoms with Crippen LogP contribution in [-0.4, -0.2) is 60.1 Å². The molecule has 0 saturated carbocycles. The molecule has 218 valence electrons. The number of aryl methyl sites for hydroxylation is 1. The maximum atomic E-state index is 14.0. The number of hydrogen-bond acceptors (Lipinski definition) is 11. The number of nitrogens with zero attached hydrogens (tertiary/aromatic N) is 6. The Morgan fingerprint density at radius 3 is 2.56 bits per heavy atom. The van der Waals surface area contributed by atoms with E-state index in [-0.39, 0.29) is 23.6 Å². The summed E-state index contributed by atoms with van der Waals surface area (Å²) >= 11 is 5.97. The number of imidazole rings is 1. The molecule has 0 spiro atoms. The molecule has 41 heavy (non-hydrogen) atoms. The number of nitrogens with two attached hydrogens (primary N) is 1. The van der Waals surface area contributed by atoms with Gasteiger partial charge in [0.1, 0.15) is 30.0 Å². The number of benzene rings is 1. The Labute approximate surface area is 242 Å². The normalized spacial score (nSPS) is 14.5. The molecule has 15 heteroatoms. The van der Waals surface area contributed by atoms with E-state index in [1.165, 1.54) is 6.33 Å². The summed E-state index contributed by atoms with van der Waals surface area (Å²) in [6, 6.07) is 5.92. The molecule has 4 rings (SSSR count). The molecule has 3 atom stereocenters. The first-order valence-electron chi connectivity index (χ1n) is 12.8. The predicted octanol–water partition coefficient (Wildman–Crippen LogP) is 4.39. The fourth-order valence-electron chi connectivity index (χ4n) is 3.92. The maximum Gasteiger partial charge on any atom is 0.342 e. The van der Waals surface area contributed by atoms with Gasteiger partial charge in [-0.05, 0) is 76.0 Å². The van der Waals surface area contributed by atoms with Gasteiger partial charge in [-0.2, -0.15) is 0 Å². The third-order valence-electron chi connectivity index (χ3n) is 5.83. The second-order valence-corrected chi connectivity index (χ2v) is 12.1. The van der Waals surface area contributed by atoms with Gasteiger partial charge in [0.15, 0.2) is 11.5 Å². The molecule has 0 fully saturated rings. The number of nitrogen functional groups attached to an aromatic ring is 1. The van der Waals surface area contributed by atoms with Gasteiger partial charge in [0.05, 0.1) is 30.8 Å². The minimum atomic E-state index is -3.79. The van der Waals surface area contributed by atoms with Gasteiger partial charge in [-0.1, -0.05) is 0 Å². The van der Waals surface area contributed by atoms with Crippen molar-refractivity contribution >= 4 is 42.1 Å². The van der Waals surface area contributed by atoms with Crippen molar-refractivity contribution in [1.29, 1.82) is 0 Å². The number of anilines is 1. The van der Waals surface area contributed by atoms with Crippen molar-refractivity contribution in [2.24, 2.45) is 0 Å². The van der Waals surface area contributed by atoms with E-state index in [9.17, 15) is 9.36 Å². The lowest BCUT2D eigenvalue weighted by atomic mass is 10.1. The summed E-state index contributed by atoms with van der Waals surface area (Å²) < 4.78 is 33.0. The number of halogens is 1. The van der Waals surface area contributed by atoms with Crippen LogP contribution in [0.3, 0.4) is 0 Å². The fraction of sp³-hybridized carbons (Fsp3) is 0.385. The lowest BCUT2D eigenvalue weighted by Crippen LogP contribution is -2.37. The minimum absolute atomic E-state index is 0.132. The van der Waals surface area contributed by atoms with Crippen LogP contribution in [0.4, 0.5) is 5.82 Å². The molecule has 3 aromatic heterocycles. The van der Waals surface area contributed by atoms with Crippen LogP contribution in [-0.2, 0) is 25.4 Å². The van der Waals surface area contributed by atoms with E-state index in [4.69, 9.17) is 31.3 Å². The summed E-state index contributed by atoms with van der Waals surface area (Å²) in [5.74, 6) is 0.0111. The molecular formula is C26H32ClN8O5P. The summed E-state index contributed by atoms with van der Waals surface area (Å²) in [7, 11) is -3.79. The second kappa shape index (κ2) is 12.9. The highest BCUT2D eigenvalue weighted by atomic mass is 35.5. The number of carbonyl (C=O) groups is 1. The van der Waals surface area contributed by atoms with E-state index in [1.807, 2.05) is 6.92 Å². The van der Waals surface area contributed by atoms with Crippen LogP contribution in [0.15, 0.2) is 43.1 Å². The molecule has 3 heterocycles. The molecule has 13 nitrogen and oxygen atoms in total. The van der Waals surface area contributed by atoms with Gasteiger partial charge in [0.25, 0.3) is 0 Å². The van der Waals surface area contributed by atoms with E-state index < -0.39 is 25.6 Å². The van der Waals surface area contributed by atoms with Crippen LogP contribution < -0.4 is 15.3 Å². The number of esters is 1. The SMILES string of the molecule is Cc1cnc(Cl)nc1-c1ccc(OP(=O)(CO[C@H](C)Cn2cnc3c(N)ncnc32)N[C@@H](C)C(=O)OC(C)C)cc1. The summed E-state index contributed by atoms with van der Waals surface area (Å²) in [5.41, 5.74) is 9.19. The molecular weight excluding hydrogens is 571 g/mol. The van der Waals surface area contributed by atoms with Crippen molar-refractivity contribution < 1.29 is 23.4 Å². The fourth-order valence-corrected chi connectivity index (χ4v) is 5.84. The first-order valence-corrected chi connectivity index (χ1v) is 15.0. The van der Waals surface area contributed by atoms with Gasteiger partial charge in [0, 0.05) is 11.8 Å². The third-order valence-corrected chi connectivity index (χ3v) is 7.79. The van der Waals surface area contributed by atoms with Crippen LogP contribution in [0.5, 0.6) is 5.75 Å². The molecule has 1 aromatic carbocycles. The Balaban J connectivity index is 1.50. The second-order valence-electron chi connectivity index (χ2n) is 9.73. The van der Waals surface area contributed by atoms with Crippen molar-refractivity contribution in [3.05, 3.63) is 54.0 Å². The number of carbonyl (C=O) groups excluding carboxylic acids is 1. The molecule has 4 aromatic rings. The molecule has 0 aliphatic heterocycles. The molecule has 1 unspecified atom stereocenters. The van der Waals surface area contributed by atoms with E-state index in [0.29, 0.717) is 29.2 Å². The van der Waals surface area contributed by atoms with Crippen LogP contribution in [0.25, 0.3) is 22.4 Å². The topological polar surface area (TPSA) is 169 Å². The predicted molar refractivity (Wildman–Crippen MR) is 154 cm³/mol. The van der Waals surface area contributed by atoms with Crippen molar-refractivity contribution in [2.45, 2.75) is 59.4 Å². The number of ether oxygens (including phenoxy) is 2. The van der Waals surface area contributed by atoms with Crippen LogP contribution in [0.2, 0.25) is 5.28 Å². The molecule has 0 radical (unpaired) electrons. The maximum absolute atomic E-state index is 14.0. The number of rotatable bonds is 12. The molecule has 0 saturated heterocycles. The average Bonchev–Trinajstić information content (AvgIpc) is 3.33. The molecule has 3 N–H and O–H groups in total. The van der Waals surface area contributed by atoms with Crippen molar-refractivity contribution in [2.75, 3.05) is 12.1 Å². The van der Waals surface area contributed by atoms with Crippen LogP contribution in [0.1, 0.15) is 33.3 Å². The quantitative estimate of drug-likeness (QED) is 0.133. The highest BCUT2D eigenvalue weighted by Crippen LogP contribution is 2.44. The van der Waals surface area contributed by atoms with E-state index in [0.717, 1.165) is 11.1 Å². The minimum Gasteiger partial charge on any atom is -0.462 e. The van der Waals surface area contributed by atoms with Gasteiger partial charge in [0.2, 0.25) is 5.28 Å². The van der Waals surface area contributed by atoms with Crippen molar-refractivity contribution in [3.8, 4) is 17.0 Å². The number of aromatic nitrogens is 6. The largest absolute Gasteiger partial charge is 0.462 e. The summed E-state index contributed by atoms with van der Waals surface area (Å²) in [6.45, 7) is 9.04. The van der Waals surface area contributed by atoms with E-state index >= 15 is 0 Å². The highest BCUT2D eigenvalue weighted by molar-refractivity contribution is 7.57. The Morgan fingerprint density at radius 2 is 1.85 bits per heavy atom. The zero-order valence-electron chi connectivity index (χ0n) is 23.3. The summed E-state index contributed by atoms with van der Waals surface area (Å²) in [4.78, 5) is 33.2. The van der Waals surface area contributed by atoms with Crippen LogP contribution >= 0.6 is 19.1 Å². The molecule has 0 bridgehead atoms. The van der Waals surface area contributed by atoms with Gasteiger partial charge in [-0.25, -0.2) is 30.0 Å². The Hall–Kier alpha value is -3.64. The summed E-state index contributed by atoms with van der Waals surface area (Å²) in [6.07, 6.45) is 3.47. The average molecular weight is 603 g/mol. The van der Waals surface area contributed by atoms with Gasteiger partial charge >= 0.3 is 13.5 Å². The zero-order valence-corrected chi connectivity index (χ0v) is 25.0. The Morgan fingerprint density at radius 1 is 1.12 bits per heavy atom. The third kappa shape index (κ3) is 7.76.